The fraction of sp³-hybridized carbons (Fsp3) is 0.455. The molecule has 0 aliphatic carbocycles. The van der Waals surface area contributed by atoms with Crippen molar-refractivity contribution in [1.29, 1.82) is 0 Å². The van der Waals surface area contributed by atoms with Gasteiger partial charge in [0.1, 0.15) is 5.75 Å². The molecule has 1 N–H and O–H groups in total. The number of hydrogen-bond acceptors (Lipinski definition) is 4. The summed E-state index contributed by atoms with van der Waals surface area (Å²) in [6, 6.07) is 12.7. The van der Waals surface area contributed by atoms with Crippen molar-refractivity contribution in [3.63, 3.8) is 0 Å². The number of benzene rings is 2. The zero-order valence-corrected chi connectivity index (χ0v) is 16.0. The molecule has 0 bridgehead atoms. The van der Waals surface area contributed by atoms with Crippen LogP contribution in [0.1, 0.15) is 49.4 Å². The molecule has 140 valence electrons. The van der Waals surface area contributed by atoms with E-state index in [4.69, 9.17) is 14.2 Å². The summed E-state index contributed by atoms with van der Waals surface area (Å²) in [5.41, 5.74) is 3.71. The highest BCUT2D eigenvalue weighted by molar-refractivity contribution is 5.55. The van der Waals surface area contributed by atoms with Gasteiger partial charge in [-0.2, -0.15) is 0 Å². The average molecular weight is 355 g/mol. The predicted molar refractivity (Wildman–Crippen MR) is 105 cm³/mol. The van der Waals surface area contributed by atoms with Gasteiger partial charge in [0.05, 0.1) is 26.4 Å². The van der Waals surface area contributed by atoms with Crippen molar-refractivity contribution in [3.8, 4) is 17.2 Å². The first-order valence-corrected chi connectivity index (χ1v) is 9.57. The van der Waals surface area contributed by atoms with Crippen LogP contribution in [0.15, 0.2) is 36.4 Å². The van der Waals surface area contributed by atoms with E-state index in [2.05, 4.69) is 36.5 Å². The van der Waals surface area contributed by atoms with Gasteiger partial charge >= 0.3 is 0 Å². The first kappa shape index (κ1) is 18.6. The lowest BCUT2D eigenvalue weighted by atomic mass is 9.89. The van der Waals surface area contributed by atoms with Crippen LogP contribution in [0.2, 0.25) is 0 Å². The van der Waals surface area contributed by atoms with Crippen molar-refractivity contribution < 1.29 is 14.2 Å². The molecule has 1 atom stereocenters. The Kier molecular flexibility index (Phi) is 6.40. The largest absolute Gasteiger partial charge is 0.494 e. The highest BCUT2D eigenvalue weighted by atomic mass is 16.5. The molecule has 2 aromatic carbocycles. The van der Waals surface area contributed by atoms with Crippen molar-refractivity contribution >= 4 is 0 Å². The van der Waals surface area contributed by atoms with Crippen molar-refractivity contribution in [3.05, 3.63) is 53.1 Å². The van der Waals surface area contributed by atoms with E-state index in [1.54, 1.807) is 7.11 Å². The van der Waals surface area contributed by atoms with Crippen LogP contribution in [0, 0.1) is 0 Å². The highest BCUT2D eigenvalue weighted by Crippen LogP contribution is 2.40. The Labute approximate surface area is 156 Å². The van der Waals surface area contributed by atoms with E-state index in [1.165, 1.54) is 16.7 Å². The summed E-state index contributed by atoms with van der Waals surface area (Å²) in [6.45, 7) is 6.49. The first-order chi connectivity index (χ1) is 12.8. The monoisotopic (exact) mass is 355 g/mol. The van der Waals surface area contributed by atoms with Gasteiger partial charge in [0.25, 0.3) is 0 Å². The zero-order valence-electron chi connectivity index (χ0n) is 16.0. The Morgan fingerprint density at radius 2 is 2.00 bits per heavy atom. The van der Waals surface area contributed by atoms with E-state index in [0.29, 0.717) is 6.61 Å². The van der Waals surface area contributed by atoms with Gasteiger partial charge in [0.2, 0.25) is 0 Å². The molecule has 1 aliphatic rings. The van der Waals surface area contributed by atoms with Crippen molar-refractivity contribution in [2.45, 2.75) is 39.2 Å². The average Bonchev–Trinajstić information content (AvgIpc) is 2.68. The topological polar surface area (TPSA) is 39.7 Å². The van der Waals surface area contributed by atoms with Crippen molar-refractivity contribution in [2.75, 3.05) is 26.9 Å². The fourth-order valence-electron chi connectivity index (χ4n) is 3.48. The molecular formula is C22H29NO3. The maximum absolute atomic E-state index is 5.92. The quantitative estimate of drug-likeness (QED) is 0.707. The van der Waals surface area contributed by atoms with Gasteiger partial charge in [0, 0.05) is 12.1 Å². The SMILES string of the molecule is CCCCOc1cccc(C2NCCc3c2ccc(OC)c3OCC)c1. The normalized spacial score (nSPS) is 16.0. The molecule has 0 aromatic heterocycles. The molecule has 1 heterocycles. The van der Waals surface area contributed by atoms with Crippen molar-refractivity contribution in [2.24, 2.45) is 0 Å². The number of methoxy groups -OCH3 is 1. The molecule has 1 unspecified atom stereocenters. The van der Waals surface area contributed by atoms with Crippen LogP contribution in [0.5, 0.6) is 17.2 Å². The van der Waals surface area contributed by atoms with Crippen LogP contribution in [-0.2, 0) is 6.42 Å². The summed E-state index contributed by atoms with van der Waals surface area (Å²) >= 11 is 0. The summed E-state index contributed by atoms with van der Waals surface area (Å²) in [5.74, 6) is 2.63. The number of nitrogens with one attached hydrogen (secondary N) is 1. The van der Waals surface area contributed by atoms with E-state index >= 15 is 0 Å². The molecule has 1 aliphatic heterocycles. The minimum Gasteiger partial charge on any atom is -0.494 e. The number of fused-ring (bicyclic) bond motifs is 1. The zero-order chi connectivity index (χ0) is 18.4. The summed E-state index contributed by atoms with van der Waals surface area (Å²) < 4.78 is 17.3. The molecule has 4 nitrogen and oxygen atoms in total. The molecule has 2 aromatic rings. The molecule has 0 fully saturated rings. The van der Waals surface area contributed by atoms with Crippen LogP contribution in [0.4, 0.5) is 0 Å². The molecule has 0 amide bonds. The third-order valence-corrected chi connectivity index (χ3v) is 4.76. The van der Waals surface area contributed by atoms with Gasteiger partial charge in [0.15, 0.2) is 11.5 Å². The Balaban J connectivity index is 1.92. The molecule has 0 saturated carbocycles. The third-order valence-electron chi connectivity index (χ3n) is 4.76. The van der Waals surface area contributed by atoms with E-state index < -0.39 is 0 Å². The Morgan fingerprint density at radius 1 is 1.12 bits per heavy atom. The van der Waals surface area contributed by atoms with Crippen LogP contribution >= 0.6 is 0 Å². The first-order valence-electron chi connectivity index (χ1n) is 9.57. The van der Waals surface area contributed by atoms with Crippen LogP contribution in [0.25, 0.3) is 0 Å². The standard InChI is InChI=1S/C22H29NO3/c1-4-6-14-26-17-9-7-8-16(15-17)21-18-10-11-20(24-3)22(25-5-2)19(18)12-13-23-21/h7-11,15,21,23H,4-6,12-14H2,1-3H3. The lowest BCUT2D eigenvalue weighted by Crippen LogP contribution is -2.31. The van der Waals surface area contributed by atoms with E-state index in [9.17, 15) is 0 Å². The maximum atomic E-state index is 5.92. The minimum atomic E-state index is 0.138. The molecule has 0 radical (unpaired) electrons. The molecule has 3 rings (SSSR count). The molecule has 0 spiro atoms. The van der Waals surface area contributed by atoms with Crippen LogP contribution < -0.4 is 19.5 Å². The number of unbranched alkanes of at least 4 members (excludes halogenated alkanes) is 1. The van der Waals surface area contributed by atoms with Crippen molar-refractivity contribution in [1.82, 2.24) is 5.32 Å². The summed E-state index contributed by atoms with van der Waals surface area (Å²) in [4.78, 5) is 0. The smallest absolute Gasteiger partial charge is 0.164 e. The number of rotatable bonds is 8. The highest BCUT2D eigenvalue weighted by Gasteiger charge is 2.26. The van der Waals surface area contributed by atoms with Gasteiger partial charge in [-0.3, -0.25) is 0 Å². The number of ether oxygens (including phenoxy) is 3. The van der Waals surface area contributed by atoms with Crippen LogP contribution in [-0.4, -0.2) is 26.9 Å². The fourth-order valence-corrected chi connectivity index (χ4v) is 3.48. The Morgan fingerprint density at radius 3 is 2.77 bits per heavy atom. The molecule has 0 saturated heterocycles. The van der Waals surface area contributed by atoms with Gasteiger partial charge in [-0.05, 0) is 49.1 Å². The minimum absolute atomic E-state index is 0.138. The van der Waals surface area contributed by atoms with E-state index in [-0.39, 0.29) is 6.04 Å². The second-order valence-corrected chi connectivity index (χ2v) is 6.51. The summed E-state index contributed by atoms with van der Waals surface area (Å²) in [5, 5.41) is 3.64. The van der Waals surface area contributed by atoms with Gasteiger partial charge in [-0.1, -0.05) is 31.5 Å². The van der Waals surface area contributed by atoms with Gasteiger partial charge in [-0.25, -0.2) is 0 Å². The predicted octanol–water partition coefficient (Wildman–Crippen LogP) is 4.51. The lowest BCUT2D eigenvalue weighted by molar-refractivity contribution is 0.304. The second kappa shape index (κ2) is 8.95. The van der Waals surface area contributed by atoms with E-state index in [0.717, 1.165) is 49.7 Å². The third kappa shape index (κ3) is 3.96. The summed E-state index contributed by atoms with van der Waals surface area (Å²) in [7, 11) is 1.69. The van der Waals surface area contributed by atoms with E-state index in [1.807, 2.05) is 19.1 Å². The second-order valence-electron chi connectivity index (χ2n) is 6.51. The molecule has 26 heavy (non-hydrogen) atoms. The molecular weight excluding hydrogens is 326 g/mol. The lowest BCUT2D eigenvalue weighted by Gasteiger charge is -2.29. The Bertz CT molecular complexity index is 729. The molecule has 4 heteroatoms. The number of hydrogen-bond donors (Lipinski definition) is 1. The van der Waals surface area contributed by atoms with Crippen LogP contribution in [0.3, 0.4) is 0 Å². The maximum Gasteiger partial charge on any atom is 0.164 e. The summed E-state index contributed by atoms with van der Waals surface area (Å²) in [6.07, 6.45) is 3.15. The van der Waals surface area contributed by atoms with Gasteiger partial charge < -0.3 is 19.5 Å². The Hall–Kier alpha value is -2.20. The van der Waals surface area contributed by atoms with Gasteiger partial charge in [-0.15, -0.1) is 0 Å².